The summed E-state index contributed by atoms with van der Waals surface area (Å²) in [4.78, 5) is 28.4. The van der Waals surface area contributed by atoms with Crippen LogP contribution >= 0.6 is 0 Å². The lowest BCUT2D eigenvalue weighted by Gasteiger charge is -2.27. The summed E-state index contributed by atoms with van der Waals surface area (Å²) < 4.78 is 2.40. The Morgan fingerprint density at radius 1 is 0.241 bits per heavy atom. The van der Waals surface area contributed by atoms with Gasteiger partial charge in [0.2, 0.25) is 0 Å². The summed E-state index contributed by atoms with van der Waals surface area (Å²) in [5.74, 6) is 2.49. The first kappa shape index (κ1) is 62.5. The van der Waals surface area contributed by atoms with Crippen LogP contribution in [0.3, 0.4) is 0 Å². The second-order valence-corrected chi connectivity index (χ2v) is 33.1. The number of hydrogen-bond donors (Lipinski definition) is 0. The number of fused-ring (bicyclic) bond motifs is 3. The zero-order valence-electron chi connectivity index (χ0n) is 57.0. The number of rotatable bonds is 7. The number of hydrogen-bond acceptors (Lipinski definition) is 5. The van der Waals surface area contributed by atoms with Gasteiger partial charge in [-0.25, -0.2) is 24.9 Å². The fraction of sp³-hybridized carbons (Fsp3) is 0.395. The first-order valence-electron chi connectivity index (χ1n) is 31.6. The van der Waals surface area contributed by atoms with Crippen molar-refractivity contribution in [2.75, 3.05) is 0 Å². The third kappa shape index (κ3) is 13.0. The molecule has 3 heterocycles. The van der Waals surface area contributed by atoms with Crippen molar-refractivity contribution >= 4 is 21.8 Å². The molecule has 0 saturated carbocycles. The van der Waals surface area contributed by atoms with E-state index in [0.717, 1.165) is 61.5 Å². The molecule has 0 unspecified atom stereocenters. The van der Waals surface area contributed by atoms with Crippen LogP contribution in [-0.4, -0.2) is 29.5 Å². The van der Waals surface area contributed by atoms with Crippen molar-refractivity contribution in [1.29, 1.82) is 0 Å². The fourth-order valence-electron chi connectivity index (χ4n) is 11.4. The Labute approximate surface area is 521 Å². The molecule has 0 N–H and O–H groups in total. The Kier molecular flexibility index (Phi) is 15.5. The zero-order valence-corrected chi connectivity index (χ0v) is 57.0. The van der Waals surface area contributed by atoms with Crippen LogP contribution < -0.4 is 0 Å². The maximum absolute atomic E-state index is 5.75. The predicted molar refractivity (Wildman–Crippen MR) is 372 cm³/mol. The summed E-state index contributed by atoms with van der Waals surface area (Å²) >= 11 is 0. The van der Waals surface area contributed by atoms with Crippen molar-refractivity contribution in [2.45, 2.75) is 209 Å². The van der Waals surface area contributed by atoms with E-state index in [0.29, 0.717) is 23.3 Å². The molecule has 6 nitrogen and oxygen atoms in total. The SMILES string of the molecule is CC(C)(C)c1cc(-c2cc(-c3ccc(-n4c5ccccc5c5ccccc54)c(-c4nc(-c5cc(C(C)(C)C)cc(C(C)(C)C)c5)nc(-c5cc(C(C)(C)C)cc(C(C)(C)C)c5)n4)c3)nc(-c3cc(C(C)(C)C)cc(C(C)(C)C)c3)n2)cc(C(C)(C)C)c1. The quantitative estimate of drug-likeness (QED) is 0.159. The van der Waals surface area contributed by atoms with Crippen molar-refractivity contribution in [3.8, 4) is 73.8 Å². The molecule has 3 aromatic heterocycles. The van der Waals surface area contributed by atoms with Gasteiger partial charge in [-0.2, -0.15) is 0 Å². The highest BCUT2D eigenvalue weighted by molar-refractivity contribution is 6.09. The van der Waals surface area contributed by atoms with Crippen LogP contribution in [-0.2, 0) is 43.3 Å². The lowest BCUT2D eigenvalue weighted by atomic mass is 9.79. The van der Waals surface area contributed by atoms with Crippen molar-refractivity contribution in [2.24, 2.45) is 0 Å². The molecule has 0 fully saturated rings. The van der Waals surface area contributed by atoms with E-state index in [-0.39, 0.29) is 43.3 Å². The van der Waals surface area contributed by atoms with Crippen LogP contribution in [0.15, 0.2) is 146 Å². The predicted octanol–water partition coefficient (Wildman–Crippen LogP) is 22.1. The molecule has 7 aromatic carbocycles. The van der Waals surface area contributed by atoms with Crippen molar-refractivity contribution in [1.82, 2.24) is 29.5 Å². The normalized spacial score (nSPS) is 13.3. The monoisotopic (exact) mass is 1150 g/mol. The minimum Gasteiger partial charge on any atom is -0.309 e. The largest absolute Gasteiger partial charge is 0.309 e. The average molecular weight is 1150 g/mol. The molecule has 0 aliphatic rings. The highest BCUT2D eigenvalue weighted by Crippen LogP contribution is 2.43. The van der Waals surface area contributed by atoms with Gasteiger partial charge < -0.3 is 4.57 Å². The van der Waals surface area contributed by atoms with E-state index in [9.17, 15) is 0 Å². The van der Waals surface area contributed by atoms with Gasteiger partial charge in [0.05, 0.1) is 28.1 Å². The molecule has 0 spiro atoms. The van der Waals surface area contributed by atoms with Crippen LogP contribution in [0.2, 0.25) is 0 Å². The van der Waals surface area contributed by atoms with E-state index < -0.39 is 0 Å². The summed E-state index contributed by atoms with van der Waals surface area (Å²) in [5.41, 5.74) is 19.4. The molecule has 0 bridgehead atoms. The minimum atomic E-state index is -0.143. The van der Waals surface area contributed by atoms with E-state index >= 15 is 0 Å². The lowest BCUT2D eigenvalue weighted by Crippen LogP contribution is -2.17. The molecule has 6 heteroatoms. The number of benzene rings is 7. The van der Waals surface area contributed by atoms with Gasteiger partial charge in [-0.3, -0.25) is 0 Å². The molecule has 10 aromatic rings. The van der Waals surface area contributed by atoms with Crippen LogP contribution in [0.5, 0.6) is 0 Å². The van der Waals surface area contributed by atoms with Gasteiger partial charge in [-0.15, -0.1) is 0 Å². The standard InChI is InChI=1S/C81H96N6/c1-74(2,3)54-35-50(36-55(44-54)75(4,5)6)66-48-65(82-70(83-66)51-37-56(76(7,8)9)45-57(38-51)77(10,11)12)49-33-34-69(87-67-31-27-25-29-62(67)63-30-26-28-32-68(63)87)64(43-49)73-85-71(52-39-58(78(13,14)15)46-59(40-52)79(16,17)18)84-72(86-73)53-41-60(80(19,20)21)47-61(42-53)81(22,23)24/h25-48H,1-24H3. The van der Waals surface area contributed by atoms with Crippen LogP contribution in [0.25, 0.3) is 95.6 Å². The van der Waals surface area contributed by atoms with E-state index in [1.807, 2.05) is 0 Å². The van der Waals surface area contributed by atoms with E-state index in [2.05, 4.69) is 316 Å². The number of nitrogens with zero attached hydrogens (tertiary/aromatic N) is 6. The smallest absolute Gasteiger partial charge is 0.166 e. The molecule has 87 heavy (non-hydrogen) atoms. The molecule has 0 amide bonds. The average Bonchev–Trinajstić information content (AvgIpc) is 1.74. The third-order valence-corrected chi connectivity index (χ3v) is 17.4. The summed E-state index contributed by atoms with van der Waals surface area (Å²) in [6.07, 6.45) is 0. The molecule has 450 valence electrons. The van der Waals surface area contributed by atoms with Crippen molar-refractivity contribution < 1.29 is 0 Å². The Hall–Kier alpha value is -7.57. The second-order valence-electron chi connectivity index (χ2n) is 33.1. The molecule has 10 rings (SSSR count). The molecular weight excluding hydrogens is 1060 g/mol. The van der Waals surface area contributed by atoms with Gasteiger partial charge >= 0.3 is 0 Å². The maximum Gasteiger partial charge on any atom is 0.166 e. The first-order chi connectivity index (χ1) is 40.1. The van der Waals surface area contributed by atoms with E-state index in [4.69, 9.17) is 24.9 Å². The Bertz CT molecular complexity index is 3910. The van der Waals surface area contributed by atoms with Crippen LogP contribution in [0.4, 0.5) is 0 Å². The Balaban J connectivity index is 1.36. The second kappa shape index (κ2) is 21.6. The van der Waals surface area contributed by atoms with Crippen LogP contribution in [0.1, 0.15) is 211 Å². The fourth-order valence-corrected chi connectivity index (χ4v) is 11.4. The van der Waals surface area contributed by atoms with Gasteiger partial charge in [0.15, 0.2) is 23.3 Å². The molecule has 0 aliphatic carbocycles. The maximum atomic E-state index is 5.75. The summed E-state index contributed by atoms with van der Waals surface area (Å²) in [7, 11) is 0. The topological polar surface area (TPSA) is 69.4 Å². The van der Waals surface area contributed by atoms with Gasteiger partial charge in [0, 0.05) is 44.2 Å². The summed E-state index contributed by atoms with van der Waals surface area (Å²) in [6.45, 7) is 55.0. The van der Waals surface area contributed by atoms with Gasteiger partial charge in [0.25, 0.3) is 0 Å². The molecule has 0 atom stereocenters. The number of aromatic nitrogens is 6. The van der Waals surface area contributed by atoms with Crippen LogP contribution in [0, 0.1) is 0 Å². The highest BCUT2D eigenvalue weighted by atomic mass is 15.1. The summed E-state index contributed by atoms with van der Waals surface area (Å²) in [6, 6.07) is 54.5. The molecule has 0 radical (unpaired) electrons. The lowest BCUT2D eigenvalue weighted by molar-refractivity contribution is 0.568. The molecule has 0 saturated heterocycles. The summed E-state index contributed by atoms with van der Waals surface area (Å²) in [5, 5.41) is 2.35. The van der Waals surface area contributed by atoms with E-state index in [1.54, 1.807) is 0 Å². The molecule has 0 aliphatic heterocycles. The van der Waals surface area contributed by atoms with Crippen molar-refractivity contribution in [3.05, 3.63) is 190 Å². The van der Waals surface area contributed by atoms with Crippen molar-refractivity contribution in [3.63, 3.8) is 0 Å². The zero-order chi connectivity index (χ0) is 63.5. The van der Waals surface area contributed by atoms with Gasteiger partial charge in [-0.1, -0.05) is 233 Å². The Morgan fingerprint density at radius 3 is 0.839 bits per heavy atom. The minimum absolute atomic E-state index is 0.109. The highest BCUT2D eigenvalue weighted by Gasteiger charge is 2.29. The Morgan fingerprint density at radius 2 is 0.517 bits per heavy atom. The third-order valence-electron chi connectivity index (χ3n) is 17.4. The first-order valence-corrected chi connectivity index (χ1v) is 31.6. The van der Waals surface area contributed by atoms with E-state index in [1.165, 1.54) is 55.3 Å². The number of para-hydroxylation sites is 2. The molecular formula is C81H96N6. The van der Waals surface area contributed by atoms with Gasteiger partial charge in [-0.05, 0) is 167 Å². The van der Waals surface area contributed by atoms with Gasteiger partial charge in [0.1, 0.15) is 0 Å².